The fourth-order valence-electron chi connectivity index (χ4n) is 1.76. The second kappa shape index (κ2) is 5.78. The highest BCUT2D eigenvalue weighted by Gasteiger charge is 2.11. The van der Waals surface area contributed by atoms with Gasteiger partial charge in [-0.05, 0) is 36.6 Å². The van der Waals surface area contributed by atoms with Crippen LogP contribution in [0.2, 0.25) is 4.34 Å². The minimum Gasteiger partial charge on any atom is -0.327 e. The van der Waals surface area contributed by atoms with Crippen LogP contribution in [0.1, 0.15) is 10.4 Å². The molecule has 1 unspecified atom stereocenters. The molecule has 2 aromatic rings. The topological polar surface area (TPSA) is 26.0 Å². The number of nitrogens with two attached hydrogens (primary N) is 1. The van der Waals surface area contributed by atoms with Crippen molar-refractivity contribution < 1.29 is 8.78 Å². The minimum atomic E-state index is -0.574. The highest BCUT2D eigenvalue weighted by molar-refractivity contribution is 7.16. The first-order valence-corrected chi connectivity index (χ1v) is 6.68. The molecule has 0 saturated carbocycles. The van der Waals surface area contributed by atoms with Gasteiger partial charge in [0, 0.05) is 17.0 Å². The molecule has 2 rings (SSSR count). The van der Waals surface area contributed by atoms with Gasteiger partial charge >= 0.3 is 0 Å². The third-order valence-electron chi connectivity index (χ3n) is 2.59. The Bertz CT molecular complexity index is 542. The Labute approximate surface area is 113 Å². The lowest BCUT2D eigenvalue weighted by atomic mass is 10.0. The summed E-state index contributed by atoms with van der Waals surface area (Å²) in [7, 11) is 0. The van der Waals surface area contributed by atoms with Crippen LogP contribution in [0.15, 0.2) is 30.3 Å². The number of thiophene rings is 1. The molecule has 0 radical (unpaired) electrons. The summed E-state index contributed by atoms with van der Waals surface area (Å²) in [4.78, 5) is 1.06. The number of rotatable bonds is 4. The Kier molecular flexibility index (Phi) is 4.32. The number of hydrogen-bond donors (Lipinski definition) is 1. The van der Waals surface area contributed by atoms with Gasteiger partial charge in [0.1, 0.15) is 11.6 Å². The maximum Gasteiger partial charge on any atom is 0.129 e. The van der Waals surface area contributed by atoms with E-state index in [-0.39, 0.29) is 6.04 Å². The van der Waals surface area contributed by atoms with Crippen molar-refractivity contribution in [3.63, 3.8) is 0 Å². The smallest absolute Gasteiger partial charge is 0.129 e. The van der Waals surface area contributed by atoms with E-state index >= 15 is 0 Å². The standard InChI is InChI=1S/C13H12ClF2NS/c14-13-4-3-11(18-13)7-10(17)5-8-1-2-9(15)6-12(8)16/h1-4,6,10H,5,7,17H2. The molecule has 18 heavy (non-hydrogen) atoms. The van der Waals surface area contributed by atoms with Crippen molar-refractivity contribution in [1.82, 2.24) is 0 Å². The molecule has 1 aromatic carbocycles. The second-order valence-electron chi connectivity index (χ2n) is 4.11. The summed E-state index contributed by atoms with van der Waals surface area (Å²) in [6.07, 6.45) is 1.01. The van der Waals surface area contributed by atoms with Crippen molar-refractivity contribution in [3.05, 3.63) is 56.7 Å². The summed E-state index contributed by atoms with van der Waals surface area (Å²) in [5, 5.41) is 0. The van der Waals surface area contributed by atoms with E-state index in [1.807, 2.05) is 12.1 Å². The van der Waals surface area contributed by atoms with Crippen LogP contribution >= 0.6 is 22.9 Å². The van der Waals surface area contributed by atoms with E-state index in [4.69, 9.17) is 17.3 Å². The highest BCUT2D eigenvalue weighted by atomic mass is 35.5. The molecule has 1 heterocycles. The van der Waals surface area contributed by atoms with E-state index in [9.17, 15) is 8.78 Å². The van der Waals surface area contributed by atoms with E-state index in [1.54, 1.807) is 0 Å². The third kappa shape index (κ3) is 3.51. The number of halogens is 3. The normalized spacial score (nSPS) is 12.7. The average Bonchev–Trinajstić information content (AvgIpc) is 2.68. The lowest BCUT2D eigenvalue weighted by Crippen LogP contribution is -2.25. The highest BCUT2D eigenvalue weighted by Crippen LogP contribution is 2.23. The third-order valence-corrected chi connectivity index (χ3v) is 3.84. The van der Waals surface area contributed by atoms with Crippen molar-refractivity contribution in [1.29, 1.82) is 0 Å². The van der Waals surface area contributed by atoms with Crippen LogP contribution in [0.3, 0.4) is 0 Å². The van der Waals surface area contributed by atoms with Gasteiger partial charge < -0.3 is 5.73 Å². The van der Waals surface area contributed by atoms with Crippen molar-refractivity contribution in [2.24, 2.45) is 5.73 Å². The minimum absolute atomic E-state index is 0.209. The molecule has 0 aliphatic rings. The van der Waals surface area contributed by atoms with Crippen molar-refractivity contribution in [2.75, 3.05) is 0 Å². The molecule has 0 aliphatic heterocycles. The molecule has 1 nitrogen and oxygen atoms in total. The predicted molar refractivity (Wildman–Crippen MR) is 71.1 cm³/mol. The van der Waals surface area contributed by atoms with Crippen LogP contribution in [0.25, 0.3) is 0 Å². The lowest BCUT2D eigenvalue weighted by molar-refractivity contribution is 0.559. The van der Waals surface area contributed by atoms with Gasteiger partial charge in [0.15, 0.2) is 0 Å². The van der Waals surface area contributed by atoms with Gasteiger partial charge in [-0.15, -0.1) is 11.3 Å². The summed E-state index contributed by atoms with van der Waals surface area (Å²) in [5.41, 5.74) is 6.39. The van der Waals surface area contributed by atoms with Gasteiger partial charge in [-0.2, -0.15) is 0 Å². The summed E-state index contributed by atoms with van der Waals surface area (Å²) >= 11 is 7.29. The van der Waals surface area contributed by atoms with Crippen molar-refractivity contribution in [3.8, 4) is 0 Å². The molecule has 0 saturated heterocycles. The molecule has 0 bridgehead atoms. The maximum absolute atomic E-state index is 13.4. The molecule has 1 atom stereocenters. The predicted octanol–water partition coefficient (Wildman–Crippen LogP) is 3.79. The van der Waals surface area contributed by atoms with Crippen LogP contribution in [0.4, 0.5) is 8.78 Å². The Morgan fingerprint density at radius 3 is 2.56 bits per heavy atom. The summed E-state index contributed by atoms with van der Waals surface area (Å²) < 4.78 is 26.9. The zero-order valence-corrected chi connectivity index (χ0v) is 11.1. The molecule has 0 aliphatic carbocycles. The maximum atomic E-state index is 13.4. The van der Waals surface area contributed by atoms with Gasteiger partial charge in [-0.25, -0.2) is 8.78 Å². The molecule has 0 amide bonds. The van der Waals surface area contributed by atoms with E-state index in [2.05, 4.69) is 0 Å². The molecule has 1 aromatic heterocycles. The Hall–Kier alpha value is -0.970. The second-order valence-corrected chi connectivity index (χ2v) is 5.91. The van der Waals surface area contributed by atoms with Crippen LogP contribution in [0, 0.1) is 11.6 Å². The lowest BCUT2D eigenvalue weighted by Gasteiger charge is -2.11. The molecule has 2 N–H and O–H groups in total. The molecular weight excluding hydrogens is 276 g/mol. The van der Waals surface area contributed by atoms with Gasteiger partial charge in [0.05, 0.1) is 4.34 Å². The zero-order chi connectivity index (χ0) is 13.1. The van der Waals surface area contributed by atoms with Crippen LogP contribution in [0.5, 0.6) is 0 Å². The van der Waals surface area contributed by atoms with Crippen molar-refractivity contribution >= 4 is 22.9 Å². The van der Waals surface area contributed by atoms with Gasteiger partial charge in [0.25, 0.3) is 0 Å². The van der Waals surface area contributed by atoms with Gasteiger partial charge in [-0.3, -0.25) is 0 Å². The molecule has 0 fully saturated rings. The Morgan fingerprint density at radius 1 is 1.17 bits per heavy atom. The van der Waals surface area contributed by atoms with E-state index in [1.165, 1.54) is 23.5 Å². The molecule has 96 valence electrons. The van der Waals surface area contributed by atoms with Crippen LogP contribution in [-0.4, -0.2) is 6.04 Å². The summed E-state index contributed by atoms with van der Waals surface area (Å²) in [5.74, 6) is -1.12. The van der Waals surface area contributed by atoms with Crippen molar-refractivity contribution in [2.45, 2.75) is 18.9 Å². The summed E-state index contributed by atoms with van der Waals surface area (Å²) in [6, 6.07) is 7.07. The fourth-order valence-corrected chi connectivity index (χ4v) is 2.94. The first kappa shape index (κ1) is 13.5. The van der Waals surface area contributed by atoms with E-state index in [0.29, 0.717) is 22.7 Å². The Morgan fingerprint density at radius 2 is 1.94 bits per heavy atom. The molecule has 5 heteroatoms. The number of benzene rings is 1. The first-order valence-electron chi connectivity index (χ1n) is 5.48. The van der Waals surface area contributed by atoms with E-state index < -0.39 is 11.6 Å². The Balaban J connectivity index is 2.00. The fraction of sp³-hybridized carbons (Fsp3) is 0.231. The SMILES string of the molecule is NC(Cc1ccc(Cl)s1)Cc1ccc(F)cc1F. The quantitative estimate of drug-likeness (QED) is 0.910. The van der Waals surface area contributed by atoms with Crippen LogP contribution in [-0.2, 0) is 12.8 Å². The average molecular weight is 288 g/mol. The van der Waals surface area contributed by atoms with Gasteiger partial charge in [0.2, 0.25) is 0 Å². The molecule has 0 spiro atoms. The zero-order valence-electron chi connectivity index (χ0n) is 9.50. The first-order chi connectivity index (χ1) is 8.54. The summed E-state index contributed by atoms with van der Waals surface area (Å²) in [6.45, 7) is 0. The van der Waals surface area contributed by atoms with Gasteiger partial charge in [-0.1, -0.05) is 17.7 Å². The molecular formula is C13H12ClF2NS. The van der Waals surface area contributed by atoms with E-state index in [0.717, 1.165) is 10.9 Å². The largest absolute Gasteiger partial charge is 0.327 e. The monoisotopic (exact) mass is 287 g/mol. The van der Waals surface area contributed by atoms with Crippen LogP contribution < -0.4 is 5.73 Å². The number of hydrogen-bond acceptors (Lipinski definition) is 2.